The molecule has 1 fully saturated rings. The van der Waals surface area contributed by atoms with Crippen molar-refractivity contribution in [1.29, 1.82) is 0 Å². The number of sulfone groups is 1. The molecule has 2 N–H and O–H groups in total. The lowest BCUT2D eigenvalue weighted by Crippen LogP contribution is -2.40. The first-order chi connectivity index (χ1) is 14.0. The molecule has 3 unspecified atom stereocenters. The van der Waals surface area contributed by atoms with Gasteiger partial charge in [-0.05, 0) is 36.1 Å². The Morgan fingerprint density at radius 2 is 2.00 bits per heavy atom. The molecular formula is C21H23F3N2O3S. The molecule has 3 aliphatic rings. The molecule has 3 atom stereocenters. The van der Waals surface area contributed by atoms with Gasteiger partial charge in [-0.15, -0.1) is 0 Å². The number of hydrogen-bond donors (Lipinski definition) is 2. The zero-order valence-corrected chi connectivity index (χ0v) is 17.2. The summed E-state index contributed by atoms with van der Waals surface area (Å²) >= 11 is 0. The Morgan fingerprint density at radius 3 is 2.57 bits per heavy atom. The molecule has 0 radical (unpaired) electrons. The molecule has 5 nitrogen and oxygen atoms in total. The first-order valence-corrected chi connectivity index (χ1v) is 11.7. The van der Waals surface area contributed by atoms with Gasteiger partial charge >= 0.3 is 6.18 Å². The van der Waals surface area contributed by atoms with E-state index in [1.807, 2.05) is 6.08 Å². The molecule has 1 saturated carbocycles. The Hall–Kier alpha value is -2.13. The Balaban J connectivity index is 1.82. The van der Waals surface area contributed by atoms with Crippen LogP contribution >= 0.6 is 0 Å². The number of nitrogens with zero attached hydrogens (tertiary/aromatic N) is 1. The van der Waals surface area contributed by atoms with E-state index < -0.39 is 32.1 Å². The van der Waals surface area contributed by atoms with Gasteiger partial charge in [0.1, 0.15) is 11.8 Å². The van der Waals surface area contributed by atoms with Crippen LogP contribution in [-0.2, 0) is 21.6 Å². The summed E-state index contributed by atoms with van der Waals surface area (Å²) in [6.45, 7) is 0. The third-order valence-corrected chi connectivity index (χ3v) is 7.26. The van der Waals surface area contributed by atoms with Crippen LogP contribution in [0.5, 0.6) is 0 Å². The number of aliphatic imine (C=N–C) groups is 1. The molecule has 0 amide bonds. The number of rotatable bonds is 5. The summed E-state index contributed by atoms with van der Waals surface area (Å²) in [5, 5.41) is 14.9. The molecule has 0 aromatic heterocycles. The molecule has 30 heavy (non-hydrogen) atoms. The van der Waals surface area contributed by atoms with Crippen molar-refractivity contribution in [3.8, 4) is 0 Å². The zero-order chi connectivity index (χ0) is 21.7. The lowest BCUT2D eigenvalue weighted by Gasteiger charge is -2.38. The standard InChI is InChI=1S/C21H23F3N2O3S/c1-30(28,29)17-8-7-15(11-16(17)21(22,23)24)20(27,12-13-4-2-5-13)18-10-14-6-3-9-25-19(14)26-18/h3,6-11,13-14,19,26-27H,2,4-5,12H2,1H3. The molecular weight excluding hydrogens is 417 g/mol. The largest absolute Gasteiger partial charge is 0.417 e. The van der Waals surface area contributed by atoms with E-state index in [1.54, 1.807) is 18.4 Å². The number of hydrogen-bond acceptors (Lipinski definition) is 5. The molecule has 1 aromatic carbocycles. The lowest BCUT2D eigenvalue weighted by molar-refractivity contribution is -0.140. The van der Waals surface area contributed by atoms with Crippen molar-refractivity contribution >= 4 is 16.1 Å². The van der Waals surface area contributed by atoms with Crippen molar-refractivity contribution in [2.45, 2.75) is 48.5 Å². The normalized spacial score (nSPS) is 25.8. The van der Waals surface area contributed by atoms with Crippen LogP contribution < -0.4 is 5.32 Å². The average Bonchev–Trinajstić information content (AvgIpc) is 3.07. The summed E-state index contributed by atoms with van der Waals surface area (Å²) < 4.78 is 64.9. The fourth-order valence-electron chi connectivity index (χ4n) is 4.29. The summed E-state index contributed by atoms with van der Waals surface area (Å²) in [7, 11) is -4.09. The predicted molar refractivity (Wildman–Crippen MR) is 107 cm³/mol. The molecule has 1 aliphatic carbocycles. The Bertz CT molecular complexity index is 1040. The topological polar surface area (TPSA) is 78.8 Å². The average molecular weight is 440 g/mol. The maximum atomic E-state index is 13.7. The van der Waals surface area contributed by atoms with Gasteiger partial charge in [-0.3, -0.25) is 4.99 Å². The Kier molecular flexibility index (Phi) is 5.09. The van der Waals surface area contributed by atoms with Gasteiger partial charge in [-0.25, -0.2) is 8.42 Å². The molecule has 4 rings (SSSR count). The van der Waals surface area contributed by atoms with Gasteiger partial charge in [0.2, 0.25) is 0 Å². The van der Waals surface area contributed by atoms with Gasteiger partial charge < -0.3 is 10.4 Å². The Labute approximate surface area is 173 Å². The van der Waals surface area contributed by atoms with E-state index in [1.165, 1.54) is 6.07 Å². The van der Waals surface area contributed by atoms with Gasteiger partial charge in [-0.2, -0.15) is 13.2 Å². The predicted octanol–water partition coefficient (Wildman–Crippen LogP) is 3.56. The fraction of sp³-hybridized carbons (Fsp3) is 0.476. The van der Waals surface area contributed by atoms with Crippen molar-refractivity contribution in [2.24, 2.45) is 16.8 Å². The highest BCUT2D eigenvalue weighted by atomic mass is 32.2. The monoisotopic (exact) mass is 440 g/mol. The van der Waals surface area contributed by atoms with Crippen LogP contribution in [0.15, 0.2) is 52.0 Å². The van der Waals surface area contributed by atoms with E-state index in [4.69, 9.17) is 0 Å². The van der Waals surface area contributed by atoms with Crippen LogP contribution in [0.25, 0.3) is 0 Å². The number of aliphatic hydroxyl groups is 1. The molecule has 1 aromatic rings. The first-order valence-electron chi connectivity index (χ1n) is 9.81. The van der Waals surface area contributed by atoms with Crippen molar-refractivity contribution < 1.29 is 26.7 Å². The van der Waals surface area contributed by atoms with Crippen molar-refractivity contribution in [3.63, 3.8) is 0 Å². The van der Waals surface area contributed by atoms with E-state index in [0.29, 0.717) is 5.70 Å². The first kappa shape index (κ1) is 21.1. The number of fused-ring (bicyclic) bond motifs is 1. The van der Waals surface area contributed by atoms with Crippen molar-refractivity contribution in [3.05, 3.63) is 53.3 Å². The second-order valence-electron chi connectivity index (χ2n) is 8.27. The zero-order valence-electron chi connectivity index (χ0n) is 16.4. The number of alkyl halides is 3. The van der Waals surface area contributed by atoms with Gasteiger partial charge in [0.25, 0.3) is 0 Å². The fourth-order valence-corrected chi connectivity index (χ4v) is 5.18. The molecule has 0 spiro atoms. The van der Waals surface area contributed by atoms with Gasteiger partial charge in [0.05, 0.1) is 10.5 Å². The third kappa shape index (κ3) is 3.80. The second kappa shape index (κ2) is 7.23. The van der Waals surface area contributed by atoms with Gasteiger partial charge in [0.15, 0.2) is 9.84 Å². The summed E-state index contributed by atoms with van der Waals surface area (Å²) in [4.78, 5) is 3.53. The van der Waals surface area contributed by atoms with E-state index in [9.17, 15) is 26.7 Å². The number of dihydropyridines is 1. The summed E-state index contributed by atoms with van der Waals surface area (Å²) in [6.07, 6.45) is 5.77. The third-order valence-electron chi connectivity index (χ3n) is 6.11. The SMILES string of the molecule is CS(=O)(=O)c1ccc(C(O)(CC2CCC2)C2=CC3C=CC=NC3N2)cc1C(F)(F)F. The van der Waals surface area contributed by atoms with Crippen LogP contribution in [0.2, 0.25) is 0 Å². The lowest BCUT2D eigenvalue weighted by atomic mass is 9.73. The van der Waals surface area contributed by atoms with Gasteiger partial charge in [0, 0.05) is 24.1 Å². The molecule has 2 aliphatic heterocycles. The van der Waals surface area contributed by atoms with Crippen molar-refractivity contribution in [2.75, 3.05) is 6.26 Å². The number of halogens is 3. The minimum absolute atomic E-state index is 0.0273. The highest BCUT2D eigenvalue weighted by Gasteiger charge is 2.44. The summed E-state index contributed by atoms with van der Waals surface area (Å²) in [5.41, 5.74) is -2.52. The molecule has 9 heteroatoms. The van der Waals surface area contributed by atoms with Gasteiger partial charge in [-0.1, -0.05) is 37.5 Å². The minimum Gasteiger partial charge on any atom is -0.379 e. The number of allylic oxidation sites excluding steroid dienone is 1. The minimum atomic E-state index is -4.87. The number of nitrogens with one attached hydrogen (secondary N) is 1. The van der Waals surface area contributed by atoms with Crippen LogP contribution in [0, 0.1) is 11.8 Å². The Morgan fingerprint density at radius 1 is 1.27 bits per heavy atom. The number of benzene rings is 1. The van der Waals surface area contributed by atoms with Crippen molar-refractivity contribution in [1.82, 2.24) is 5.32 Å². The molecule has 2 heterocycles. The summed E-state index contributed by atoms with van der Waals surface area (Å²) in [5.74, 6) is 0.0820. The second-order valence-corrected chi connectivity index (χ2v) is 10.3. The maximum Gasteiger partial charge on any atom is 0.417 e. The van der Waals surface area contributed by atoms with Crippen LogP contribution in [0.1, 0.15) is 36.8 Å². The van der Waals surface area contributed by atoms with E-state index in [0.717, 1.165) is 37.7 Å². The van der Waals surface area contributed by atoms with Crippen LogP contribution in [0.3, 0.4) is 0 Å². The smallest absolute Gasteiger partial charge is 0.379 e. The van der Waals surface area contributed by atoms with E-state index in [-0.39, 0.29) is 30.0 Å². The van der Waals surface area contributed by atoms with Crippen LogP contribution in [0.4, 0.5) is 13.2 Å². The molecule has 162 valence electrons. The highest BCUT2D eigenvalue weighted by molar-refractivity contribution is 7.90. The van der Waals surface area contributed by atoms with E-state index in [2.05, 4.69) is 10.3 Å². The molecule has 0 saturated heterocycles. The molecule has 0 bridgehead atoms. The van der Waals surface area contributed by atoms with E-state index >= 15 is 0 Å². The summed E-state index contributed by atoms with van der Waals surface area (Å²) in [6, 6.07) is 3.01. The highest BCUT2D eigenvalue weighted by Crippen LogP contribution is 2.45. The maximum absolute atomic E-state index is 13.7. The van der Waals surface area contributed by atoms with Crippen LogP contribution in [-0.4, -0.2) is 32.2 Å². The quantitative estimate of drug-likeness (QED) is 0.734.